The van der Waals surface area contributed by atoms with Crippen LogP contribution in [0.1, 0.15) is 22.8 Å². The van der Waals surface area contributed by atoms with Crippen LogP contribution >= 0.6 is 11.3 Å². The van der Waals surface area contributed by atoms with Crippen LogP contribution in [0.4, 0.5) is 15.3 Å². The summed E-state index contributed by atoms with van der Waals surface area (Å²) in [4.78, 5) is 17.1. The highest BCUT2D eigenvalue weighted by Crippen LogP contribution is 2.41. The molecule has 0 saturated heterocycles. The number of nitrogens with zero attached hydrogens (tertiary/aromatic N) is 1. The first-order valence-corrected chi connectivity index (χ1v) is 6.73. The number of nitrogens with one attached hydrogen (secondary N) is 2. The van der Waals surface area contributed by atoms with Gasteiger partial charge in [-0.3, -0.25) is 4.79 Å². The largest absolute Gasteiger partial charge is 0.365 e. The fourth-order valence-electron chi connectivity index (χ4n) is 2.19. The molecule has 0 saturated carbocycles. The lowest BCUT2D eigenvalue weighted by atomic mass is 9.92. The third kappa shape index (κ3) is 2.19. The molecule has 0 aliphatic carbocycles. The second-order valence-electron chi connectivity index (χ2n) is 4.34. The zero-order valence-electron chi connectivity index (χ0n) is 10.2. The number of hydrogen-bond acceptors (Lipinski definition) is 4. The normalized spacial score (nSPS) is 17.8. The molecule has 0 spiro atoms. The van der Waals surface area contributed by atoms with Crippen LogP contribution in [-0.4, -0.2) is 17.9 Å². The molecule has 0 radical (unpaired) electrons. The summed E-state index contributed by atoms with van der Waals surface area (Å²) in [6.45, 7) is 0. The molecule has 2 aromatic rings. The topological polar surface area (TPSA) is 54.0 Å². The lowest BCUT2D eigenvalue weighted by Crippen LogP contribution is -2.22. The highest BCUT2D eigenvalue weighted by molar-refractivity contribution is 7.16. The molecule has 3 rings (SSSR count). The minimum absolute atomic E-state index is 0.0519. The first kappa shape index (κ1) is 12.1. The maximum atomic E-state index is 13.0. The molecule has 0 fully saturated rings. The second kappa shape index (κ2) is 4.62. The molecule has 1 aromatic carbocycles. The molecule has 2 N–H and O–H groups in total. The molecule has 1 aliphatic rings. The van der Waals surface area contributed by atoms with Crippen molar-refractivity contribution in [1.29, 1.82) is 0 Å². The lowest BCUT2D eigenvalue weighted by Gasteiger charge is -2.21. The van der Waals surface area contributed by atoms with Crippen LogP contribution < -0.4 is 10.6 Å². The maximum absolute atomic E-state index is 13.0. The van der Waals surface area contributed by atoms with E-state index < -0.39 is 0 Å². The molecule has 6 heteroatoms. The van der Waals surface area contributed by atoms with Gasteiger partial charge in [0.2, 0.25) is 5.91 Å². The van der Waals surface area contributed by atoms with Gasteiger partial charge in [-0.1, -0.05) is 23.5 Å². The molecule has 1 atom stereocenters. The van der Waals surface area contributed by atoms with E-state index in [4.69, 9.17) is 0 Å². The van der Waals surface area contributed by atoms with E-state index in [-0.39, 0.29) is 17.6 Å². The van der Waals surface area contributed by atoms with Crippen LogP contribution in [0.2, 0.25) is 0 Å². The Morgan fingerprint density at radius 2 is 2.16 bits per heavy atom. The summed E-state index contributed by atoms with van der Waals surface area (Å²) in [5.41, 5.74) is 0.934. The third-order valence-electron chi connectivity index (χ3n) is 3.10. The number of hydrogen-bond donors (Lipinski definition) is 2. The number of rotatable bonds is 2. The number of halogens is 1. The number of aromatic nitrogens is 1. The standard InChI is InChI=1S/C13H12FN3OS/c1-15-13-17-12-11(19-13)9(6-10(18)16-12)7-2-4-8(14)5-3-7/h2-5,9H,6H2,1H3,(H,15,17)(H,16,18). The van der Waals surface area contributed by atoms with Crippen LogP contribution in [0.5, 0.6) is 0 Å². The average molecular weight is 277 g/mol. The van der Waals surface area contributed by atoms with Gasteiger partial charge in [-0.2, -0.15) is 0 Å². The Labute approximate surface area is 113 Å². The molecule has 2 heterocycles. The summed E-state index contributed by atoms with van der Waals surface area (Å²) >= 11 is 1.51. The molecular weight excluding hydrogens is 265 g/mol. The predicted octanol–water partition coefficient (Wildman–Crippen LogP) is 2.80. The summed E-state index contributed by atoms with van der Waals surface area (Å²) in [6.07, 6.45) is 0.365. The monoisotopic (exact) mass is 277 g/mol. The van der Waals surface area contributed by atoms with Gasteiger partial charge < -0.3 is 10.6 Å². The van der Waals surface area contributed by atoms with Crippen LogP contribution in [0.15, 0.2) is 24.3 Å². The van der Waals surface area contributed by atoms with Crippen LogP contribution in [0.3, 0.4) is 0 Å². The molecule has 1 unspecified atom stereocenters. The van der Waals surface area contributed by atoms with E-state index in [9.17, 15) is 9.18 Å². The third-order valence-corrected chi connectivity index (χ3v) is 4.29. The quantitative estimate of drug-likeness (QED) is 0.887. The number of carbonyl (C=O) groups is 1. The van der Waals surface area contributed by atoms with Gasteiger partial charge in [-0.15, -0.1) is 0 Å². The fraction of sp³-hybridized carbons (Fsp3) is 0.231. The second-order valence-corrected chi connectivity index (χ2v) is 5.37. The van der Waals surface area contributed by atoms with Crippen molar-refractivity contribution in [3.63, 3.8) is 0 Å². The Hall–Kier alpha value is -1.95. The lowest BCUT2D eigenvalue weighted by molar-refractivity contribution is -0.116. The van der Waals surface area contributed by atoms with Crippen LogP contribution in [-0.2, 0) is 4.79 Å². The molecule has 0 bridgehead atoms. The van der Waals surface area contributed by atoms with Crippen molar-refractivity contribution >= 4 is 28.2 Å². The molecule has 1 amide bonds. The number of amides is 1. The van der Waals surface area contributed by atoms with Gasteiger partial charge in [-0.25, -0.2) is 9.37 Å². The molecule has 1 aromatic heterocycles. The summed E-state index contributed by atoms with van der Waals surface area (Å²) in [5.74, 6) is 0.225. The van der Waals surface area contributed by atoms with E-state index in [1.54, 1.807) is 19.2 Å². The van der Waals surface area contributed by atoms with E-state index in [1.165, 1.54) is 23.5 Å². The number of thiazole rings is 1. The van der Waals surface area contributed by atoms with E-state index in [2.05, 4.69) is 15.6 Å². The van der Waals surface area contributed by atoms with Gasteiger partial charge >= 0.3 is 0 Å². The van der Waals surface area contributed by atoms with Crippen molar-refractivity contribution in [2.24, 2.45) is 0 Å². The van der Waals surface area contributed by atoms with Crippen molar-refractivity contribution in [2.45, 2.75) is 12.3 Å². The SMILES string of the molecule is CNc1nc2c(s1)C(c1ccc(F)cc1)CC(=O)N2. The van der Waals surface area contributed by atoms with E-state index in [0.29, 0.717) is 12.2 Å². The summed E-state index contributed by atoms with van der Waals surface area (Å²) in [6, 6.07) is 6.28. The number of fused-ring (bicyclic) bond motifs is 1. The van der Waals surface area contributed by atoms with Gasteiger partial charge in [0.15, 0.2) is 5.13 Å². The van der Waals surface area contributed by atoms with Crippen molar-refractivity contribution in [3.8, 4) is 0 Å². The minimum atomic E-state index is -0.274. The molecule has 4 nitrogen and oxygen atoms in total. The smallest absolute Gasteiger partial charge is 0.226 e. The Kier molecular flexibility index (Phi) is 2.94. The van der Waals surface area contributed by atoms with Crippen molar-refractivity contribution in [2.75, 3.05) is 17.7 Å². The van der Waals surface area contributed by atoms with Gasteiger partial charge in [-0.05, 0) is 17.7 Å². The van der Waals surface area contributed by atoms with Crippen LogP contribution in [0, 0.1) is 5.82 Å². The minimum Gasteiger partial charge on any atom is -0.365 e. The Bertz CT molecular complexity index is 623. The molecule has 19 heavy (non-hydrogen) atoms. The first-order chi connectivity index (χ1) is 9.17. The summed E-state index contributed by atoms with van der Waals surface area (Å²) in [5, 5.41) is 6.51. The Morgan fingerprint density at radius 1 is 1.42 bits per heavy atom. The number of benzene rings is 1. The first-order valence-electron chi connectivity index (χ1n) is 5.91. The number of anilines is 2. The molecular formula is C13H12FN3OS. The van der Waals surface area contributed by atoms with E-state index >= 15 is 0 Å². The van der Waals surface area contributed by atoms with E-state index in [0.717, 1.165) is 15.6 Å². The predicted molar refractivity (Wildman–Crippen MR) is 73.2 cm³/mol. The summed E-state index contributed by atoms with van der Waals surface area (Å²) in [7, 11) is 1.79. The maximum Gasteiger partial charge on any atom is 0.226 e. The zero-order valence-corrected chi connectivity index (χ0v) is 11.1. The highest BCUT2D eigenvalue weighted by Gasteiger charge is 2.30. The molecule has 1 aliphatic heterocycles. The van der Waals surface area contributed by atoms with Gasteiger partial charge in [0, 0.05) is 19.4 Å². The van der Waals surface area contributed by atoms with E-state index in [1.807, 2.05) is 0 Å². The van der Waals surface area contributed by atoms with Gasteiger partial charge in [0.25, 0.3) is 0 Å². The summed E-state index contributed by atoms with van der Waals surface area (Å²) < 4.78 is 13.0. The highest BCUT2D eigenvalue weighted by atomic mass is 32.1. The van der Waals surface area contributed by atoms with Crippen molar-refractivity contribution in [1.82, 2.24) is 4.98 Å². The van der Waals surface area contributed by atoms with Crippen molar-refractivity contribution in [3.05, 3.63) is 40.5 Å². The number of carbonyl (C=O) groups excluding carboxylic acids is 1. The Morgan fingerprint density at radius 3 is 2.84 bits per heavy atom. The van der Waals surface area contributed by atoms with Crippen LogP contribution in [0.25, 0.3) is 0 Å². The van der Waals surface area contributed by atoms with Gasteiger partial charge in [0.05, 0.1) is 4.88 Å². The molecule has 98 valence electrons. The zero-order chi connectivity index (χ0) is 13.4. The van der Waals surface area contributed by atoms with Gasteiger partial charge in [0.1, 0.15) is 11.6 Å². The average Bonchev–Trinajstić information content (AvgIpc) is 2.81. The Balaban J connectivity index is 2.05. The van der Waals surface area contributed by atoms with Crippen molar-refractivity contribution < 1.29 is 9.18 Å². The fourth-order valence-corrected chi connectivity index (χ4v) is 3.19.